The number of hydrogen-bond acceptors (Lipinski definition) is 6. The average Bonchev–Trinajstić information content (AvgIpc) is 3.48. The normalized spacial score (nSPS) is 15.8. The molecule has 0 radical (unpaired) electrons. The van der Waals surface area contributed by atoms with Gasteiger partial charge in [0.2, 0.25) is 0 Å². The van der Waals surface area contributed by atoms with Crippen LogP contribution in [-0.4, -0.2) is 36.1 Å². The molecule has 0 aliphatic carbocycles. The molecule has 4 rings (SSSR count). The van der Waals surface area contributed by atoms with Crippen molar-refractivity contribution in [2.75, 3.05) is 6.61 Å². The standard InChI is InChI=1S/C23H18ClF2N3O4/c24-17-7-5-16(6-8-17)19-12-20(21-2-1-11-31-21)29(28-19)22(30)14-32-27-13-15-3-9-18(10-4-15)33-23(25)26/h1-11,13,20,23H,12,14H2. The topological polar surface area (TPSA) is 76.6 Å². The molecular formula is C23H18ClF2N3O4. The van der Waals surface area contributed by atoms with Crippen LogP contribution in [0.15, 0.2) is 81.6 Å². The van der Waals surface area contributed by atoms with E-state index in [1.165, 1.54) is 41.8 Å². The third kappa shape index (κ3) is 5.75. The van der Waals surface area contributed by atoms with Crippen LogP contribution >= 0.6 is 11.6 Å². The smallest absolute Gasteiger partial charge is 0.387 e. The lowest BCUT2D eigenvalue weighted by Crippen LogP contribution is -2.29. The molecular weight excluding hydrogens is 456 g/mol. The van der Waals surface area contributed by atoms with E-state index in [1.54, 1.807) is 24.3 Å². The molecule has 3 aromatic rings. The van der Waals surface area contributed by atoms with Crippen LogP contribution in [0.2, 0.25) is 5.02 Å². The van der Waals surface area contributed by atoms with Crippen molar-refractivity contribution < 1.29 is 27.6 Å². The molecule has 1 aromatic heterocycles. The van der Waals surface area contributed by atoms with Gasteiger partial charge in [-0.2, -0.15) is 13.9 Å². The Labute approximate surface area is 192 Å². The Bertz CT molecular complexity index is 1130. The van der Waals surface area contributed by atoms with Crippen LogP contribution in [0.3, 0.4) is 0 Å². The highest BCUT2D eigenvalue weighted by Gasteiger charge is 2.35. The third-order valence-corrected chi connectivity index (χ3v) is 5.04. The van der Waals surface area contributed by atoms with Crippen molar-refractivity contribution in [1.82, 2.24) is 5.01 Å². The van der Waals surface area contributed by atoms with Gasteiger partial charge >= 0.3 is 6.61 Å². The highest BCUT2D eigenvalue weighted by atomic mass is 35.5. The van der Waals surface area contributed by atoms with E-state index in [1.807, 2.05) is 12.1 Å². The minimum atomic E-state index is -2.89. The van der Waals surface area contributed by atoms with Crippen molar-refractivity contribution >= 4 is 29.4 Å². The van der Waals surface area contributed by atoms with Gasteiger partial charge < -0.3 is 14.0 Å². The monoisotopic (exact) mass is 473 g/mol. The minimum absolute atomic E-state index is 0.0330. The first kappa shape index (κ1) is 22.5. The molecule has 0 N–H and O–H groups in total. The van der Waals surface area contributed by atoms with Crippen LogP contribution in [0.4, 0.5) is 8.78 Å². The van der Waals surface area contributed by atoms with E-state index in [9.17, 15) is 13.6 Å². The lowest BCUT2D eigenvalue weighted by molar-refractivity contribution is -0.138. The molecule has 1 amide bonds. The van der Waals surface area contributed by atoms with Crippen LogP contribution in [-0.2, 0) is 9.63 Å². The average molecular weight is 474 g/mol. The maximum absolute atomic E-state index is 12.8. The molecule has 1 aliphatic rings. The molecule has 0 fully saturated rings. The summed E-state index contributed by atoms with van der Waals surface area (Å²) in [6.45, 7) is -3.24. The second-order valence-corrected chi connectivity index (χ2v) is 7.42. The number of furan rings is 1. The Balaban J connectivity index is 1.40. The quantitative estimate of drug-likeness (QED) is 0.330. The van der Waals surface area contributed by atoms with Gasteiger partial charge in [-0.3, -0.25) is 4.79 Å². The van der Waals surface area contributed by atoms with Crippen molar-refractivity contribution in [3.05, 3.63) is 88.8 Å². The zero-order valence-corrected chi connectivity index (χ0v) is 17.9. The van der Waals surface area contributed by atoms with Gasteiger partial charge in [-0.15, -0.1) is 0 Å². The number of amides is 1. The summed E-state index contributed by atoms with van der Waals surface area (Å²) in [7, 11) is 0. The number of rotatable bonds is 8. The highest BCUT2D eigenvalue weighted by Crippen LogP contribution is 2.33. The largest absolute Gasteiger partial charge is 0.467 e. The minimum Gasteiger partial charge on any atom is -0.467 e. The predicted octanol–water partition coefficient (Wildman–Crippen LogP) is 5.26. The number of ether oxygens (including phenoxy) is 1. The molecule has 7 nitrogen and oxygen atoms in total. The summed E-state index contributed by atoms with van der Waals surface area (Å²) in [6, 6.07) is 16.1. The summed E-state index contributed by atoms with van der Waals surface area (Å²) in [6.07, 6.45) is 3.36. The van der Waals surface area contributed by atoms with Gasteiger partial charge in [0.15, 0.2) is 6.61 Å². The number of oxime groups is 1. The maximum atomic E-state index is 12.8. The summed E-state index contributed by atoms with van der Waals surface area (Å²) < 4.78 is 34.2. The van der Waals surface area contributed by atoms with Gasteiger partial charge in [-0.1, -0.05) is 28.9 Å². The van der Waals surface area contributed by atoms with Crippen LogP contribution in [0.25, 0.3) is 0 Å². The summed E-state index contributed by atoms with van der Waals surface area (Å²) in [5.41, 5.74) is 2.15. The molecule has 0 saturated carbocycles. The summed E-state index contributed by atoms with van der Waals surface area (Å²) in [5, 5.41) is 10.2. The molecule has 0 bridgehead atoms. The summed E-state index contributed by atoms with van der Waals surface area (Å²) in [4.78, 5) is 17.9. The number of carbonyl (C=O) groups excluding carboxylic acids is 1. The fourth-order valence-corrected chi connectivity index (χ4v) is 3.38. The number of benzene rings is 2. The summed E-state index contributed by atoms with van der Waals surface area (Å²) in [5.74, 6) is 0.231. The Kier molecular flexibility index (Phi) is 6.99. The van der Waals surface area contributed by atoms with Gasteiger partial charge in [0.1, 0.15) is 17.6 Å². The van der Waals surface area contributed by atoms with Crippen molar-refractivity contribution in [2.24, 2.45) is 10.3 Å². The Morgan fingerprint density at radius 3 is 2.64 bits per heavy atom. The van der Waals surface area contributed by atoms with E-state index in [0.29, 0.717) is 22.8 Å². The fraction of sp³-hybridized carbons (Fsp3) is 0.174. The molecule has 1 unspecified atom stereocenters. The van der Waals surface area contributed by atoms with E-state index in [-0.39, 0.29) is 12.4 Å². The number of alkyl halides is 2. The van der Waals surface area contributed by atoms with Crippen molar-refractivity contribution in [3.8, 4) is 5.75 Å². The first-order valence-electron chi connectivity index (χ1n) is 9.88. The van der Waals surface area contributed by atoms with Gasteiger partial charge in [0.25, 0.3) is 5.91 Å². The van der Waals surface area contributed by atoms with E-state index < -0.39 is 18.6 Å². The second-order valence-electron chi connectivity index (χ2n) is 6.98. The maximum Gasteiger partial charge on any atom is 0.387 e. The molecule has 0 saturated heterocycles. The Hall–Kier alpha value is -3.72. The van der Waals surface area contributed by atoms with Gasteiger partial charge in [0, 0.05) is 11.4 Å². The van der Waals surface area contributed by atoms with E-state index in [2.05, 4.69) is 15.0 Å². The van der Waals surface area contributed by atoms with Crippen molar-refractivity contribution in [3.63, 3.8) is 0 Å². The Morgan fingerprint density at radius 1 is 1.21 bits per heavy atom. The van der Waals surface area contributed by atoms with E-state index >= 15 is 0 Å². The fourth-order valence-electron chi connectivity index (χ4n) is 3.25. The summed E-state index contributed by atoms with van der Waals surface area (Å²) >= 11 is 5.96. The van der Waals surface area contributed by atoms with Crippen LogP contribution in [0.5, 0.6) is 5.75 Å². The zero-order valence-electron chi connectivity index (χ0n) is 17.1. The number of hydrogen-bond donors (Lipinski definition) is 0. The second kappa shape index (κ2) is 10.3. The number of hydrazone groups is 1. The van der Waals surface area contributed by atoms with E-state index in [0.717, 1.165) is 11.3 Å². The first-order valence-corrected chi connectivity index (χ1v) is 10.3. The zero-order chi connectivity index (χ0) is 23.2. The molecule has 170 valence electrons. The third-order valence-electron chi connectivity index (χ3n) is 4.78. The molecule has 33 heavy (non-hydrogen) atoms. The first-order chi connectivity index (χ1) is 16.0. The highest BCUT2D eigenvalue weighted by molar-refractivity contribution is 6.30. The lowest BCUT2D eigenvalue weighted by atomic mass is 10.0. The SMILES string of the molecule is O=C(CON=Cc1ccc(OC(F)F)cc1)N1N=C(c2ccc(Cl)cc2)CC1c1ccco1. The number of carbonyl (C=O) groups is 1. The predicted molar refractivity (Wildman–Crippen MR) is 118 cm³/mol. The van der Waals surface area contributed by atoms with Crippen LogP contribution in [0.1, 0.15) is 29.3 Å². The Morgan fingerprint density at radius 2 is 1.97 bits per heavy atom. The number of halogens is 3. The number of nitrogens with zero attached hydrogens (tertiary/aromatic N) is 3. The van der Waals surface area contributed by atoms with Crippen molar-refractivity contribution in [1.29, 1.82) is 0 Å². The molecule has 2 aromatic carbocycles. The van der Waals surface area contributed by atoms with Gasteiger partial charge in [-0.05, 0) is 59.7 Å². The molecule has 1 atom stereocenters. The molecule has 1 aliphatic heterocycles. The van der Waals surface area contributed by atoms with Crippen LogP contribution < -0.4 is 4.74 Å². The van der Waals surface area contributed by atoms with Crippen LogP contribution in [0, 0.1) is 0 Å². The van der Waals surface area contributed by atoms with E-state index in [4.69, 9.17) is 20.9 Å². The van der Waals surface area contributed by atoms with Gasteiger partial charge in [0.05, 0.1) is 18.2 Å². The van der Waals surface area contributed by atoms with Crippen molar-refractivity contribution in [2.45, 2.75) is 19.1 Å². The molecule has 2 heterocycles. The van der Waals surface area contributed by atoms with Gasteiger partial charge in [-0.25, -0.2) is 5.01 Å². The molecule has 0 spiro atoms. The lowest BCUT2D eigenvalue weighted by Gasteiger charge is -2.19. The molecule has 10 heteroatoms.